The summed E-state index contributed by atoms with van der Waals surface area (Å²) in [7, 11) is 0. The zero-order valence-electron chi connectivity index (χ0n) is 1.89. The van der Waals surface area contributed by atoms with E-state index >= 15 is 0 Å². The number of carbonyl (C=O) groups excluding carboxylic acids is 1. The van der Waals surface area contributed by atoms with Crippen LogP contribution in [0.2, 0.25) is 0 Å². The number of carbonyl (C=O) groups is 1. The average Bonchev–Trinajstić information content (AvgIpc) is 0.811. The number of hydrogen-bond donors (Lipinski definition) is 0. The van der Waals surface area contributed by atoms with Gasteiger partial charge in [-0.3, -0.25) is 0 Å². The minimum atomic E-state index is -1.17. The van der Waals surface area contributed by atoms with E-state index in [2.05, 4.69) is 0 Å². The number of carboxylic acid groups (broad SMARTS) is 1. The maximum atomic E-state index is 8.85. The molecule has 0 N–H and O–H groups in total. The lowest BCUT2D eigenvalue weighted by atomic mass is 11.6. The van der Waals surface area contributed by atoms with Crippen molar-refractivity contribution in [2.45, 2.75) is 0 Å². The van der Waals surface area contributed by atoms with Crippen LogP contribution in [0.15, 0.2) is 0 Å². The van der Waals surface area contributed by atoms with Gasteiger partial charge in [-0.05, 0) is 0 Å². The molecule has 20 valence electrons. The molecule has 0 rings (SSSR count). The summed E-state index contributed by atoms with van der Waals surface area (Å²) in [6.45, 7) is 0. The van der Waals surface area contributed by atoms with Gasteiger partial charge in [0.2, 0.25) is 16.3 Å². The Kier molecular flexibility index (Phi) is 1.34. The highest BCUT2D eigenvalue weighted by Gasteiger charge is 1.47. The van der Waals surface area contributed by atoms with E-state index in [9.17, 15) is 0 Å². The quantitative estimate of drug-likeness (QED) is 0.326. The van der Waals surface area contributed by atoms with Crippen molar-refractivity contribution in [2.75, 3.05) is 0 Å². The van der Waals surface area contributed by atoms with Crippen LogP contribution in [0, 0.1) is 0 Å². The van der Waals surface area contributed by atoms with Crippen LogP contribution in [0.5, 0.6) is 0 Å². The largest absolute Gasteiger partial charge is 0.572 e. The molecule has 0 aliphatic carbocycles. The molecule has 0 amide bonds. The third-order valence-electron chi connectivity index (χ3n) is 0. The minimum absolute atomic E-state index is 1.17. The second-order valence-corrected chi connectivity index (χ2v) is 0.790. The summed E-state index contributed by atoms with van der Waals surface area (Å²) in [5.74, 6) is 0. The third-order valence-corrected chi connectivity index (χ3v) is 0. The minimum Gasteiger partial charge on any atom is -0.572 e. The Morgan fingerprint density at radius 1 is 2.00 bits per heavy atom. The Morgan fingerprint density at radius 2 is 2.00 bits per heavy atom. The Balaban J connectivity index is 2.80. The summed E-state index contributed by atoms with van der Waals surface area (Å²) in [6.07, 6.45) is 0. The van der Waals surface area contributed by atoms with Crippen molar-refractivity contribution in [1.29, 1.82) is 0 Å². The SMILES string of the molecule is O=[C]([O-])[Al]. The van der Waals surface area contributed by atoms with Crippen LogP contribution < -0.4 is 5.11 Å². The van der Waals surface area contributed by atoms with Gasteiger partial charge in [0.1, 0.15) is 0 Å². The summed E-state index contributed by atoms with van der Waals surface area (Å²) in [4.78, 5) is 7.69. The molecular weight excluding hydrogens is 71.0 g/mol. The zero-order valence-corrected chi connectivity index (χ0v) is 3.05. The van der Waals surface area contributed by atoms with Gasteiger partial charge in [-0.25, -0.2) is 0 Å². The molecule has 0 saturated carbocycles. The van der Waals surface area contributed by atoms with E-state index in [1.54, 1.807) is 0 Å². The molecule has 0 aliphatic rings. The normalized spacial score (nSPS) is 6.00. The zero-order chi connectivity index (χ0) is 3.58. The van der Waals surface area contributed by atoms with Gasteiger partial charge < -0.3 is 9.90 Å². The van der Waals surface area contributed by atoms with Gasteiger partial charge in [0, 0.05) is 0 Å². The molecule has 2 radical (unpaired) electrons. The second-order valence-electron chi connectivity index (χ2n) is 0.319. The van der Waals surface area contributed by atoms with Gasteiger partial charge in [-0.1, -0.05) is 4.83 Å². The standard InChI is InChI=1S/CO2.Al/c2-1-3;/q-1;. The van der Waals surface area contributed by atoms with Gasteiger partial charge in [0.15, 0.2) is 0 Å². The Hall–Kier alpha value is 0.00247. The van der Waals surface area contributed by atoms with E-state index in [0.717, 1.165) is 0 Å². The molecular formula is CAlO2-. The predicted octanol–water partition coefficient (Wildman–Crippen LogP) is -1.50. The van der Waals surface area contributed by atoms with Crippen molar-refractivity contribution in [3.8, 4) is 0 Å². The molecule has 4 heavy (non-hydrogen) atoms. The maximum absolute atomic E-state index is 8.85. The molecule has 0 saturated heterocycles. The first-order valence-electron chi connectivity index (χ1n) is 0.697. The molecule has 0 unspecified atom stereocenters. The molecule has 3 heteroatoms. The van der Waals surface area contributed by atoms with Gasteiger partial charge >= 0.3 is 0 Å². The van der Waals surface area contributed by atoms with E-state index in [-0.39, 0.29) is 0 Å². The monoisotopic (exact) mass is 71.0 g/mol. The van der Waals surface area contributed by atoms with Crippen molar-refractivity contribution < 1.29 is 9.90 Å². The Bertz CT molecular complexity index is 29.0. The highest BCUT2D eigenvalue weighted by atomic mass is 27.0. The molecule has 0 spiro atoms. The first-order valence-corrected chi connectivity index (χ1v) is 1.27. The molecule has 2 nitrogen and oxygen atoms in total. The van der Waals surface area contributed by atoms with Gasteiger partial charge in [-0.2, -0.15) is 0 Å². The molecule has 0 bridgehead atoms. The van der Waals surface area contributed by atoms with Crippen LogP contribution in [-0.4, -0.2) is 21.1 Å². The first kappa shape index (κ1) is 4.00. The van der Waals surface area contributed by atoms with Crippen molar-refractivity contribution in [3.05, 3.63) is 0 Å². The highest BCUT2D eigenvalue weighted by molar-refractivity contribution is 6.53. The van der Waals surface area contributed by atoms with E-state index in [1.807, 2.05) is 0 Å². The Labute approximate surface area is 31.9 Å². The van der Waals surface area contributed by atoms with Crippen LogP contribution in [0.1, 0.15) is 0 Å². The van der Waals surface area contributed by atoms with Crippen LogP contribution in [0.4, 0.5) is 4.79 Å². The second kappa shape index (κ2) is 1.34. The van der Waals surface area contributed by atoms with Crippen molar-refractivity contribution in [1.82, 2.24) is 0 Å². The molecule has 0 aliphatic heterocycles. The average molecular weight is 71.0 g/mol. The smallest absolute Gasteiger partial charge is 0.203 e. The summed E-state index contributed by atoms with van der Waals surface area (Å²) >= 11 is 1.46. The summed E-state index contributed by atoms with van der Waals surface area (Å²) < 4.78 is 0. The van der Waals surface area contributed by atoms with Crippen LogP contribution >= 0.6 is 0 Å². The van der Waals surface area contributed by atoms with Crippen molar-refractivity contribution >= 4 is 21.1 Å². The van der Waals surface area contributed by atoms with Crippen molar-refractivity contribution in [2.24, 2.45) is 0 Å². The van der Waals surface area contributed by atoms with Crippen LogP contribution in [0.3, 0.4) is 0 Å². The van der Waals surface area contributed by atoms with Crippen molar-refractivity contribution in [3.63, 3.8) is 0 Å². The molecule has 0 aromatic carbocycles. The number of hydrogen-bond acceptors (Lipinski definition) is 2. The fourth-order valence-electron chi connectivity index (χ4n) is 0. The summed E-state index contributed by atoms with van der Waals surface area (Å²) in [6, 6.07) is 0. The fourth-order valence-corrected chi connectivity index (χ4v) is 0. The van der Waals surface area contributed by atoms with E-state index in [1.165, 1.54) is 16.3 Å². The van der Waals surface area contributed by atoms with E-state index in [0.29, 0.717) is 0 Å². The van der Waals surface area contributed by atoms with E-state index in [4.69, 9.17) is 9.90 Å². The number of rotatable bonds is 0. The molecule has 0 heterocycles. The van der Waals surface area contributed by atoms with Gasteiger partial charge in [-0.15, -0.1) is 0 Å². The van der Waals surface area contributed by atoms with E-state index < -0.39 is 4.83 Å². The third kappa shape index (κ3) is 331000. The lowest BCUT2D eigenvalue weighted by molar-refractivity contribution is -0.234. The summed E-state index contributed by atoms with van der Waals surface area (Å²) in [5.41, 5.74) is 0. The van der Waals surface area contributed by atoms with Crippen LogP contribution in [-0.2, 0) is 0 Å². The highest BCUT2D eigenvalue weighted by Crippen LogP contribution is 1.31. The molecule has 0 atom stereocenters. The maximum Gasteiger partial charge on any atom is 0.203 e. The lowest BCUT2D eigenvalue weighted by Gasteiger charge is -1.79. The van der Waals surface area contributed by atoms with Gasteiger partial charge in [0.05, 0.1) is 0 Å². The van der Waals surface area contributed by atoms with Gasteiger partial charge in [0.25, 0.3) is 0 Å². The Morgan fingerprint density at radius 3 is 2.00 bits per heavy atom. The predicted molar refractivity (Wildman–Crippen MR) is 11.1 cm³/mol. The molecule has 0 aromatic rings. The topological polar surface area (TPSA) is 40.1 Å². The van der Waals surface area contributed by atoms with Crippen LogP contribution in [0.25, 0.3) is 0 Å². The molecule has 0 fully saturated rings. The molecule has 0 aromatic heterocycles. The summed E-state index contributed by atoms with van der Waals surface area (Å²) in [5, 5.41) is 8.85. The first-order chi connectivity index (χ1) is 1.73. The lowest BCUT2D eigenvalue weighted by Crippen LogP contribution is -2.18. The fraction of sp³-hybridized carbons (Fsp3) is 0.